The monoisotopic (exact) mass is 258 g/mol. The first-order valence-corrected chi connectivity index (χ1v) is 6.60. The van der Waals surface area contributed by atoms with Crippen molar-refractivity contribution in [1.29, 1.82) is 0 Å². The van der Waals surface area contributed by atoms with Crippen LogP contribution in [0.3, 0.4) is 0 Å². The highest BCUT2D eigenvalue weighted by Crippen LogP contribution is 2.41. The third-order valence-electron chi connectivity index (χ3n) is 3.72. The molecule has 0 spiro atoms. The fraction of sp³-hybridized carbons (Fsp3) is 1.00. The zero-order chi connectivity index (χ0) is 13.1. The van der Waals surface area contributed by atoms with Gasteiger partial charge in [-0.25, -0.2) is 0 Å². The summed E-state index contributed by atoms with van der Waals surface area (Å²) in [4.78, 5) is 0. The van der Waals surface area contributed by atoms with Gasteiger partial charge in [-0.15, -0.1) is 0 Å². The maximum atomic E-state index is 5.95. The summed E-state index contributed by atoms with van der Waals surface area (Å²) in [6.07, 6.45) is -0.271. The van der Waals surface area contributed by atoms with Crippen molar-refractivity contribution in [3.63, 3.8) is 0 Å². The van der Waals surface area contributed by atoms with Crippen LogP contribution in [-0.4, -0.2) is 48.7 Å². The molecule has 3 aliphatic heterocycles. The molecule has 3 saturated heterocycles. The van der Waals surface area contributed by atoms with E-state index in [2.05, 4.69) is 0 Å². The summed E-state index contributed by atoms with van der Waals surface area (Å²) < 4.78 is 29.3. The highest BCUT2D eigenvalue weighted by Gasteiger charge is 2.57. The van der Waals surface area contributed by atoms with Crippen molar-refractivity contribution >= 4 is 0 Å². The highest BCUT2D eigenvalue weighted by atomic mass is 16.8. The lowest BCUT2D eigenvalue weighted by molar-refractivity contribution is -0.204. The van der Waals surface area contributed by atoms with Gasteiger partial charge in [-0.1, -0.05) is 0 Å². The van der Waals surface area contributed by atoms with Crippen molar-refractivity contribution < 1.29 is 23.7 Å². The van der Waals surface area contributed by atoms with Crippen molar-refractivity contribution in [1.82, 2.24) is 0 Å². The number of fused-ring (bicyclic) bond motifs is 1. The molecule has 0 radical (unpaired) electrons. The second-order valence-electron chi connectivity index (χ2n) is 6.24. The maximum absolute atomic E-state index is 5.95. The molecule has 5 heteroatoms. The maximum Gasteiger partial charge on any atom is 0.164 e. The fourth-order valence-corrected chi connectivity index (χ4v) is 3.01. The van der Waals surface area contributed by atoms with Gasteiger partial charge in [0.2, 0.25) is 0 Å². The van der Waals surface area contributed by atoms with Crippen LogP contribution in [0.15, 0.2) is 0 Å². The molecule has 104 valence electrons. The topological polar surface area (TPSA) is 46.2 Å². The van der Waals surface area contributed by atoms with E-state index in [1.54, 1.807) is 0 Å². The lowest BCUT2D eigenvalue weighted by atomic mass is 10.1. The molecule has 0 unspecified atom stereocenters. The number of hydrogen-bond donors (Lipinski definition) is 0. The summed E-state index contributed by atoms with van der Waals surface area (Å²) >= 11 is 0. The Labute approximate surface area is 108 Å². The molecule has 0 N–H and O–H groups in total. The number of ether oxygens (including phenoxy) is 5. The van der Waals surface area contributed by atoms with Gasteiger partial charge in [-0.3, -0.25) is 0 Å². The van der Waals surface area contributed by atoms with E-state index in [-0.39, 0.29) is 30.5 Å². The normalized spacial score (nSPS) is 49.5. The third kappa shape index (κ3) is 2.08. The van der Waals surface area contributed by atoms with Crippen LogP contribution in [0, 0.1) is 0 Å². The predicted molar refractivity (Wildman–Crippen MR) is 63.1 cm³/mol. The lowest BCUT2D eigenvalue weighted by Crippen LogP contribution is -2.40. The van der Waals surface area contributed by atoms with Crippen molar-refractivity contribution in [2.75, 3.05) is 6.61 Å². The summed E-state index contributed by atoms with van der Waals surface area (Å²) in [7, 11) is 0. The lowest BCUT2D eigenvalue weighted by Gasteiger charge is -2.26. The molecule has 0 aliphatic carbocycles. The second-order valence-corrected chi connectivity index (χ2v) is 6.24. The second kappa shape index (κ2) is 3.90. The first kappa shape index (κ1) is 12.8. The van der Waals surface area contributed by atoms with Crippen LogP contribution in [0.5, 0.6) is 0 Å². The van der Waals surface area contributed by atoms with Crippen LogP contribution in [0.2, 0.25) is 0 Å². The molecule has 5 atom stereocenters. The predicted octanol–water partition coefficient (Wildman–Crippen LogP) is 1.45. The zero-order valence-corrected chi connectivity index (χ0v) is 11.6. The minimum atomic E-state index is -0.541. The van der Waals surface area contributed by atoms with E-state index in [0.29, 0.717) is 6.61 Å². The summed E-state index contributed by atoms with van der Waals surface area (Å²) in [6, 6.07) is 0. The Morgan fingerprint density at radius 2 is 1.50 bits per heavy atom. The zero-order valence-electron chi connectivity index (χ0n) is 11.6. The SMILES string of the molecule is C[C@H]1O[C@H]([C@H]2COC(C)(C)O2)[C@@H]2OC(C)(C)O[C@@H]21. The van der Waals surface area contributed by atoms with Crippen molar-refractivity contribution in [2.24, 2.45) is 0 Å². The Kier molecular flexibility index (Phi) is 2.78. The molecule has 0 aromatic heterocycles. The van der Waals surface area contributed by atoms with E-state index < -0.39 is 11.6 Å². The average Bonchev–Trinajstić information content (AvgIpc) is 2.81. The first-order valence-electron chi connectivity index (χ1n) is 6.60. The fourth-order valence-electron chi connectivity index (χ4n) is 3.01. The molecule has 3 aliphatic rings. The molecular weight excluding hydrogens is 236 g/mol. The quantitative estimate of drug-likeness (QED) is 0.712. The van der Waals surface area contributed by atoms with Crippen molar-refractivity contribution in [3.05, 3.63) is 0 Å². The van der Waals surface area contributed by atoms with Gasteiger partial charge in [0.05, 0.1) is 12.7 Å². The molecular formula is C13H22O5. The van der Waals surface area contributed by atoms with Gasteiger partial charge >= 0.3 is 0 Å². The molecule has 3 rings (SSSR count). The van der Waals surface area contributed by atoms with Crippen molar-refractivity contribution in [3.8, 4) is 0 Å². The molecule has 5 nitrogen and oxygen atoms in total. The Bertz CT molecular complexity index is 340. The van der Waals surface area contributed by atoms with E-state index in [1.165, 1.54) is 0 Å². The van der Waals surface area contributed by atoms with E-state index >= 15 is 0 Å². The van der Waals surface area contributed by atoms with Crippen LogP contribution in [0.25, 0.3) is 0 Å². The van der Waals surface area contributed by atoms with Gasteiger partial charge in [0.25, 0.3) is 0 Å². The Morgan fingerprint density at radius 3 is 2.11 bits per heavy atom. The van der Waals surface area contributed by atoms with Gasteiger partial charge in [0.15, 0.2) is 11.6 Å². The molecule has 0 saturated carbocycles. The third-order valence-corrected chi connectivity index (χ3v) is 3.72. The molecule has 0 aromatic rings. The van der Waals surface area contributed by atoms with E-state index in [9.17, 15) is 0 Å². The van der Waals surface area contributed by atoms with Crippen LogP contribution in [0.1, 0.15) is 34.6 Å². The molecule has 0 bridgehead atoms. The first-order chi connectivity index (χ1) is 8.27. The summed E-state index contributed by atoms with van der Waals surface area (Å²) in [5.74, 6) is -1.08. The van der Waals surface area contributed by atoms with Crippen LogP contribution in [0.4, 0.5) is 0 Å². The van der Waals surface area contributed by atoms with Gasteiger partial charge in [0.1, 0.15) is 24.4 Å². The molecule has 0 amide bonds. The molecule has 3 fully saturated rings. The van der Waals surface area contributed by atoms with Crippen LogP contribution >= 0.6 is 0 Å². The smallest absolute Gasteiger partial charge is 0.164 e. The number of hydrogen-bond acceptors (Lipinski definition) is 5. The average molecular weight is 258 g/mol. The van der Waals surface area contributed by atoms with Gasteiger partial charge in [-0.05, 0) is 34.6 Å². The highest BCUT2D eigenvalue weighted by molar-refractivity contribution is 5.00. The van der Waals surface area contributed by atoms with E-state index in [1.807, 2.05) is 34.6 Å². The summed E-state index contributed by atoms with van der Waals surface area (Å²) in [5, 5.41) is 0. The summed E-state index contributed by atoms with van der Waals surface area (Å²) in [5.41, 5.74) is 0. The Balaban J connectivity index is 1.75. The summed E-state index contributed by atoms with van der Waals surface area (Å²) in [6.45, 7) is 10.3. The standard InChI is InChI=1S/C13H22O5/c1-7-9-11(18-13(4,5)17-9)10(15-7)8-6-14-12(2,3)16-8/h7-11H,6H2,1-5H3/t7-,8-,9-,10-,11-/m1/s1. The van der Waals surface area contributed by atoms with Crippen LogP contribution < -0.4 is 0 Å². The van der Waals surface area contributed by atoms with Crippen LogP contribution in [-0.2, 0) is 23.7 Å². The van der Waals surface area contributed by atoms with E-state index in [4.69, 9.17) is 23.7 Å². The Morgan fingerprint density at radius 1 is 0.833 bits per heavy atom. The van der Waals surface area contributed by atoms with Gasteiger partial charge in [0, 0.05) is 0 Å². The largest absolute Gasteiger partial charge is 0.367 e. The minimum Gasteiger partial charge on any atom is -0.367 e. The Hall–Kier alpha value is -0.200. The van der Waals surface area contributed by atoms with Crippen molar-refractivity contribution in [2.45, 2.75) is 76.7 Å². The van der Waals surface area contributed by atoms with Gasteiger partial charge < -0.3 is 23.7 Å². The molecule has 0 aromatic carbocycles. The van der Waals surface area contributed by atoms with Gasteiger partial charge in [-0.2, -0.15) is 0 Å². The minimum absolute atomic E-state index is 0.0164. The number of rotatable bonds is 1. The molecule has 18 heavy (non-hydrogen) atoms. The van der Waals surface area contributed by atoms with E-state index in [0.717, 1.165) is 0 Å². The molecule has 3 heterocycles.